The number of carbonyl (C=O) groups is 4. The second-order valence-corrected chi connectivity index (χ2v) is 9.44. The van der Waals surface area contributed by atoms with Crippen molar-refractivity contribution < 1.29 is 28.3 Å². The number of hydrogen-bond acceptors (Lipinski definition) is 9. The fraction of sp³-hybridized carbons (Fsp3) is 0.185. The summed E-state index contributed by atoms with van der Waals surface area (Å²) in [6.07, 6.45) is 0.411. The van der Waals surface area contributed by atoms with Gasteiger partial charge in [-0.2, -0.15) is 0 Å². The molecule has 10 nitrogen and oxygen atoms in total. The minimum Gasteiger partial charge on any atom is -0.465 e. The summed E-state index contributed by atoms with van der Waals surface area (Å²) in [5.74, 6) is -0.660. The van der Waals surface area contributed by atoms with E-state index in [0.29, 0.717) is 44.6 Å². The largest absolute Gasteiger partial charge is 0.465 e. The van der Waals surface area contributed by atoms with Crippen LogP contribution >= 0.6 is 11.8 Å². The first kappa shape index (κ1) is 25.2. The topological polar surface area (TPSA) is 132 Å². The third-order valence-electron chi connectivity index (χ3n) is 6.00. The Morgan fingerprint density at radius 3 is 2.32 bits per heavy atom. The summed E-state index contributed by atoms with van der Waals surface area (Å²) < 4.78 is 10.3. The highest BCUT2D eigenvalue weighted by Crippen LogP contribution is 2.30. The molecular formula is C27H22N4O6S. The lowest BCUT2D eigenvalue weighted by atomic mass is 9.94. The van der Waals surface area contributed by atoms with Crippen LogP contribution in [0, 0.1) is 0 Å². The van der Waals surface area contributed by atoms with Gasteiger partial charge in [-0.15, -0.1) is 10.2 Å². The molecule has 38 heavy (non-hydrogen) atoms. The van der Waals surface area contributed by atoms with Crippen LogP contribution in [0.2, 0.25) is 0 Å². The second-order valence-electron chi connectivity index (χ2n) is 8.40. The first-order valence-electron chi connectivity index (χ1n) is 11.8. The molecule has 2 heterocycles. The fourth-order valence-electron chi connectivity index (χ4n) is 4.15. The molecule has 3 amide bonds. The van der Waals surface area contributed by atoms with Crippen molar-refractivity contribution in [3.05, 3.63) is 83.2 Å². The van der Waals surface area contributed by atoms with Crippen molar-refractivity contribution in [1.29, 1.82) is 0 Å². The summed E-state index contributed by atoms with van der Waals surface area (Å²) in [4.78, 5) is 50.9. The van der Waals surface area contributed by atoms with Gasteiger partial charge in [0.15, 0.2) is 0 Å². The van der Waals surface area contributed by atoms with Gasteiger partial charge in [0.25, 0.3) is 17.0 Å². The van der Waals surface area contributed by atoms with Crippen molar-refractivity contribution in [2.75, 3.05) is 24.7 Å². The second kappa shape index (κ2) is 10.9. The number of amides is 3. The number of thioether (sulfide) groups is 1. The van der Waals surface area contributed by atoms with Gasteiger partial charge < -0.3 is 14.5 Å². The quantitative estimate of drug-likeness (QED) is 0.194. The average molecular weight is 531 g/mol. The zero-order chi connectivity index (χ0) is 26.6. The number of methoxy groups -OCH3 is 1. The molecule has 1 aliphatic heterocycles. The monoisotopic (exact) mass is 530 g/mol. The van der Waals surface area contributed by atoms with E-state index >= 15 is 0 Å². The van der Waals surface area contributed by atoms with Crippen LogP contribution in [0.5, 0.6) is 0 Å². The SMILES string of the molecule is COC(=O)c1ccc(NC(=O)CCSc2nnc(CCN3C(=O)c4cccc5cccc(c45)C3=O)o2)cc1. The summed E-state index contributed by atoms with van der Waals surface area (Å²) in [6, 6.07) is 17.2. The van der Waals surface area contributed by atoms with E-state index in [2.05, 4.69) is 20.3 Å². The first-order chi connectivity index (χ1) is 18.4. The third kappa shape index (κ3) is 5.14. The number of esters is 1. The molecule has 0 atom stereocenters. The number of nitrogens with one attached hydrogen (secondary N) is 1. The Morgan fingerprint density at radius 2 is 1.66 bits per heavy atom. The van der Waals surface area contributed by atoms with Crippen LogP contribution in [0.4, 0.5) is 5.69 Å². The Morgan fingerprint density at radius 1 is 0.974 bits per heavy atom. The molecule has 0 unspecified atom stereocenters. The van der Waals surface area contributed by atoms with Gasteiger partial charge in [0.1, 0.15) is 0 Å². The van der Waals surface area contributed by atoms with E-state index in [0.717, 1.165) is 5.39 Å². The predicted octanol–water partition coefficient (Wildman–Crippen LogP) is 3.97. The third-order valence-corrected chi connectivity index (χ3v) is 6.82. The normalized spacial score (nSPS) is 12.6. The smallest absolute Gasteiger partial charge is 0.337 e. The van der Waals surface area contributed by atoms with Gasteiger partial charge in [0.2, 0.25) is 11.8 Å². The Kier molecular flexibility index (Phi) is 7.18. The summed E-state index contributed by atoms with van der Waals surface area (Å²) in [6.45, 7) is 0.103. The number of aromatic nitrogens is 2. The standard InChI is InChI=1S/C27H22N4O6S/c1-36-26(35)17-8-10-18(11-9-17)28-21(32)13-15-38-27-30-29-22(37-27)12-14-31-24(33)19-6-2-4-16-5-3-7-20(23(16)19)25(31)34/h2-11H,12-15H2,1H3,(H,28,32). The number of rotatable bonds is 9. The maximum Gasteiger partial charge on any atom is 0.337 e. The van der Waals surface area contributed by atoms with Crippen LogP contribution in [0.15, 0.2) is 70.3 Å². The van der Waals surface area contributed by atoms with Gasteiger partial charge in [0.05, 0.1) is 12.7 Å². The fourth-order valence-corrected chi connectivity index (χ4v) is 4.87. The predicted molar refractivity (Wildman–Crippen MR) is 139 cm³/mol. The van der Waals surface area contributed by atoms with E-state index in [1.165, 1.54) is 23.8 Å². The summed E-state index contributed by atoms with van der Waals surface area (Å²) in [5, 5.41) is 12.6. The van der Waals surface area contributed by atoms with Gasteiger partial charge >= 0.3 is 5.97 Å². The molecule has 5 rings (SSSR count). The van der Waals surface area contributed by atoms with Gasteiger partial charge in [0, 0.05) is 47.3 Å². The molecule has 3 aromatic carbocycles. The number of carbonyl (C=O) groups excluding carboxylic acids is 4. The number of hydrogen-bond donors (Lipinski definition) is 1. The summed E-state index contributed by atoms with van der Waals surface area (Å²) in [5.41, 5.74) is 1.95. The van der Waals surface area contributed by atoms with Gasteiger partial charge in [-0.1, -0.05) is 36.0 Å². The van der Waals surface area contributed by atoms with Crippen molar-refractivity contribution in [1.82, 2.24) is 15.1 Å². The molecule has 192 valence electrons. The van der Waals surface area contributed by atoms with Crippen LogP contribution < -0.4 is 5.32 Å². The Labute approximate surface area is 221 Å². The lowest BCUT2D eigenvalue weighted by molar-refractivity contribution is -0.115. The number of ether oxygens (including phenoxy) is 1. The van der Waals surface area contributed by atoms with Gasteiger partial charge in [-0.3, -0.25) is 19.3 Å². The van der Waals surface area contributed by atoms with Crippen molar-refractivity contribution in [3.8, 4) is 0 Å². The Hall–Kier alpha value is -4.51. The van der Waals surface area contributed by atoms with E-state index < -0.39 is 5.97 Å². The molecule has 0 saturated carbocycles. The minimum absolute atomic E-state index is 0.103. The van der Waals surface area contributed by atoms with Gasteiger partial charge in [-0.05, 0) is 41.8 Å². The molecule has 4 aromatic rings. The zero-order valence-electron chi connectivity index (χ0n) is 20.3. The van der Waals surface area contributed by atoms with E-state index in [1.807, 2.05) is 12.1 Å². The molecule has 0 spiro atoms. The van der Waals surface area contributed by atoms with Crippen molar-refractivity contribution in [2.24, 2.45) is 0 Å². The number of imide groups is 1. The molecule has 1 N–H and O–H groups in total. The van der Waals surface area contributed by atoms with E-state index in [1.54, 1.807) is 48.5 Å². The number of anilines is 1. The molecule has 0 saturated heterocycles. The first-order valence-corrected chi connectivity index (χ1v) is 12.7. The molecule has 0 aliphatic carbocycles. The lowest BCUT2D eigenvalue weighted by Gasteiger charge is -2.26. The number of nitrogens with zero attached hydrogens (tertiary/aromatic N) is 3. The molecule has 0 radical (unpaired) electrons. The molecule has 1 aromatic heterocycles. The van der Waals surface area contributed by atoms with Crippen molar-refractivity contribution in [2.45, 2.75) is 18.1 Å². The van der Waals surface area contributed by atoms with Crippen LogP contribution in [0.25, 0.3) is 10.8 Å². The number of benzene rings is 3. The lowest BCUT2D eigenvalue weighted by Crippen LogP contribution is -2.41. The van der Waals surface area contributed by atoms with Crippen LogP contribution in [-0.2, 0) is 16.0 Å². The maximum absolute atomic E-state index is 13.0. The highest BCUT2D eigenvalue weighted by molar-refractivity contribution is 7.99. The molecule has 0 fully saturated rings. The van der Waals surface area contributed by atoms with Crippen LogP contribution in [-0.4, -0.2) is 58.2 Å². The summed E-state index contributed by atoms with van der Waals surface area (Å²) in [7, 11) is 1.30. The van der Waals surface area contributed by atoms with Crippen LogP contribution in [0.3, 0.4) is 0 Å². The maximum atomic E-state index is 13.0. The van der Waals surface area contributed by atoms with Crippen molar-refractivity contribution >= 4 is 51.9 Å². The van der Waals surface area contributed by atoms with E-state index in [9.17, 15) is 19.2 Å². The Bertz CT molecular complexity index is 1500. The van der Waals surface area contributed by atoms with Gasteiger partial charge in [-0.25, -0.2) is 4.79 Å². The molecule has 0 bridgehead atoms. The Balaban J connectivity index is 1.12. The zero-order valence-corrected chi connectivity index (χ0v) is 21.1. The minimum atomic E-state index is -0.449. The highest BCUT2D eigenvalue weighted by Gasteiger charge is 2.32. The highest BCUT2D eigenvalue weighted by atomic mass is 32.2. The van der Waals surface area contributed by atoms with E-state index in [4.69, 9.17) is 4.42 Å². The average Bonchev–Trinajstić information content (AvgIpc) is 3.39. The van der Waals surface area contributed by atoms with E-state index in [-0.39, 0.29) is 37.1 Å². The van der Waals surface area contributed by atoms with Crippen LogP contribution in [0.1, 0.15) is 43.4 Å². The molecule has 11 heteroatoms. The molecule has 1 aliphatic rings. The van der Waals surface area contributed by atoms with Crippen molar-refractivity contribution in [3.63, 3.8) is 0 Å². The summed E-state index contributed by atoms with van der Waals surface area (Å²) >= 11 is 1.23. The molecular weight excluding hydrogens is 508 g/mol.